The molecule has 0 radical (unpaired) electrons. The summed E-state index contributed by atoms with van der Waals surface area (Å²) in [5, 5.41) is 12.3. The van der Waals surface area contributed by atoms with Gasteiger partial charge in [0.1, 0.15) is 5.82 Å². The molecule has 7 heteroatoms. The second-order valence-corrected chi connectivity index (χ2v) is 7.18. The highest BCUT2D eigenvalue weighted by Crippen LogP contribution is 2.33. The van der Waals surface area contributed by atoms with E-state index in [9.17, 15) is 19.1 Å². The number of halogens is 1. The summed E-state index contributed by atoms with van der Waals surface area (Å²) in [5.74, 6) is -1.08. The molecule has 0 bridgehead atoms. The number of nitrogens with zero attached hydrogens (tertiary/aromatic N) is 1. The first-order valence-electron chi connectivity index (χ1n) is 9.66. The fourth-order valence-electron chi connectivity index (χ4n) is 3.29. The van der Waals surface area contributed by atoms with Gasteiger partial charge in [-0.05, 0) is 50.1 Å². The van der Waals surface area contributed by atoms with Crippen molar-refractivity contribution in [1.82, 2.24) is 4.90 Å². The average molecular weight is 400 g/mol. The Hall–Kier alpha value is -2.93. The number of aliphatic hydroxyl groups excluding tert-OH is 1. The van der Waals surface area contributed by atoms with E-state index in [1.165, 1.54) is 12.1 Å². The van der Waals surface area contributed by atoms with Crippen LogP contribution in [0.4, 0.5) is 10.1 Å². The van der Waals surface area contributed by atoms with Crippen molar-refractivity contribution in [3.05, 3.63) is 59.4 Å². The van der Waals surface area contributed by atoms with Crippen molar-refractivity contribution in [3.8, 4) is 5.75 Å². The monoisotopic (exact) mass is 400 g/mol. The number of amides is 2. The summed E-state index contributed by atoms with van der Waals surface area (Å²) >= 11 is 0. The van der Waals surface area contributed by atoms with Crippen LogP contribution in [0, 0.1) is 5.82 Å². The van der Waals surface area contributed by atoms with Crippen LogP contribution in [0.3, 0.4) is 0 Å². The zero-order valence-electron chi connectivity index (χ0n) is 16.5. The standard InChI is InChI=1S/C22H25FN2O4/c1-14(13-26)25-11-4-12-29-20-18(22(25)28)5-3-6-19(20)24-21(27)15(2)16-7-9-17(23)10-8-16/h3,5-10,14-15,26H,4,11-13H2,1-2H3,(H,24,27)/t14-,15?/m0/s1. The van der Waals surface area contributed by atoms with Crippen LogP contribution in [0.15, 0.2) is 42.5 Å². The van der Waals surface area contributed by atoms with Gasteiger partial charge in [-0.25, -0.2) is 4.39 Å². The number of fused-ring (bicyclic) bond motifs is 1. The third-order valence-electron chi connectivity index (χ3n) is 5.11. The molecule has 2 aromatic rings. The largest absolute Gasteiger partial charge is 0.490 e. The predicted octanol–water partition coefficient (Wildman–Crippen LogP) is 3.17. The molecule has 0 aliphatic carbocycles. The van der Waals surface area contributed by atoms with Crippen molar-refractivity contribution in [3.63, 3.8) is 0 Å². The summed E-state index contributed by atoms with van der Waals surface area (Å²) in [6.45, 7) is 4.25. The van der Waals surface area contributed by atoms with Crippen molar-refractivity contribution in [2.45, 2.75) is 32.2 Å². The molecule has 0 saturated carbocycles. The van der Waals surface area contributed by atoms with E-state index in [4.69, 9.17) is 4.74 Å². The van der Waals surface area contributed by atoms with Crippen molar-refractivity contribution in [1.29, 1.82) is 0 Å². The van der Waals surface area contributed by atoms with Gasteiger partial charge in [-0.2, -0.15) is 0 Å². The number of carbonyl (C=O) groups excluding carboxylic acids is 2. The minimum absolute atomic E-state index is 0.131. The van der Waals surface area contributed by atoms with Gasteiger partial charge in [0, 0.05) is 6.54 Å². The summed E-state index contributed by atoms with van der Waals surface area (Å²) in [4.78, 5) is 27.4. The maximum Gasteiger partial charge on any atom is 0.258 e. The quantitative estimate of drug-likeness (QED) is 0.808. The number of anilines is 1. The summed E-state index contributed by atoms with van der Waals surface area (Å²) in [6, 6.07) is 10.5. The van der Waals surface area contributed by atoms with E-state index in [1.807, 2.05) is 0 Å². The van der Waals surface area contributed by atoms with Gasteiger partial charge in [-0.1, -0.05) is 18.2 Å². The van der Waals surface area contributed by atoms with Gasteiger partial charge in [-0.15, -0.1) is 0 Å². The van der Waals surface area contributed by atoms with Crippen molar-refractivity contribution in [2.75, 3.05) is 25.1 Å². The summed E-state index contributed by atoms with van der Waals surface area (Å²) in [6.07, 6.45) is 0.615. The number of nitrogens with one attached hydrogen (secondary N) is 1. The Morgan fingerprint density at radius 2 is 1.97 bits per heavy atom. The molecule has 3 rings (SSSR count). The van der Waals surface area contributed by atoms with Crippen molar-refractivity contribution < 1.29 is 23.8 Å². The van der Waals surface area contributed by atoms with Crippen LogP contribution in [0.5, 0.6) is 5.75 Å². The molecule has 29 heavy (non-hydrogen) atoms. The van der Waals surface area contributed by atoms with Crippen LogP contribution in [0.25, 0.3) is 0 Å². The van der Waals surface area contributed by atoms with E-state index in [1.54, 1.807) is 49.1 Å². The fourth-order valence-corrected chi connectivity index (χ4v) is 3.29. The first-order chi connectivity index (χ1) is 13.9. The lowest BCUT2D eigenvalue weighted by Gasteiger charge is -2.31. The number of ether oxygens (including phenoxy) is 1. The number of hydrogen-bond acceptors (Lipinski definition) is 4. The molecule has 1 aliphatic heterocycles. The Balaban J connectivity index is 1.87. The predicted molar refractivity (Wildman–Crippen MR) is 108 cm³/mol. The molecule has 1 aliphatic rings. The lowest BCUT2D eigenvalue weighted by atomic mass is 10.00. The Kier molecular flexibility index (Phi) is 6.49. The topological polar surface area (TPSA) is 78.9 Å². The van der Waals surface area contributed by atoms with Gasteiger partial charge < -0.3 is 20.1 Å². The zero-order chi connectivity index (χ0) is 21.0. The lowest BCUT2D eigenvalue weighted by Crippen LogP contribution is -2.42. The van der Waals surface area contributed by atoms with E-state index in [0.29, 0.717) is 42.1 Å². The summed E-state index contributed by atoms with van der Waals surface area (Å²) in [5.41, 5.74) is 1.44. The molecular formula is C22H25FN2O4. The number of benzene rings is 2. The van der Waals surface area contributed by atoms with Crippen LogP contribution >= 0.6 is 0 Å². The van der Waals surface area contributed by atoms with Crippen LogP contribution in [-0.2, 0) is 4.79 Å². The number of hydrogen-bond donors (Lipinski definition) is 2. The number of para-hydroxylation sites is 1. The molecular weight excluding hydrogens is 375 g/mol. The highest BCUT2D eigenvalue weighted by atomic mass is 19.1. The van der Waals surface area contributed by atoms with Crippen LogP contribution in [-0.4, -0.2) is 47.6 Å². The molecule has 2 amide bonds. The number of carbonyl (C=O) groups is 2. The number of aliphatic hydroxyl groups is 1. The van der Waals surface area contributed by atoms with E-state index < -0.39 is 5.92 Å². The second kappa shape index (κ2) is 9.05. The van der Waals surface area contributed by atoms with E-state index in [2.05, 4.69) is 5.32 Å². The zero-order valence-corrected chi connectivity index (χ0v) is 16.5. The van der Waals surface area contributed by atoms with Crippen molar-refractivity contribution in [2.24, 2.45) is 0 Å². The van der Waals surface area contributed by atoms with Crippen LogP contribution < -0.4 is 10.1 Å². The van der Waals surface area contributed by atoms with E-state index in [0.717, 1.165) is 0 Å². The molecule has 2 aromatic carbocycles. The molecule has 1 heterocycles. The molecule has 0 saturated heterocycles. The molecule has 0 aromatic heterocycles. The van der Waals surface area contributed by atoms with Crippen LogP contribution in [0.2, 0.25) is 0 Å². The molecule has 2 atom stereocenters. The highest BCUT2D eigenvalue weighted by Gasteiger charge is 2.28. The Labute approximate surface area is 169 Å². The minimum atomic E-state index is -0.512. The van der Waals surface area contributed by atoms with Gasteiger partial charge in [0.05, 0.1) is 36.4 Å². The molecule has 1 unspecified atom stereocenters. The van der Waals surface area contributed by atoms with Gasteiger partial charge in [0.2, 0.25) is 5.91 Å². The smallest absolute Gasteiger partial charge is 0.258 e. The highest BCUT2D eigenvalue weighted by molar-refractivity contribution is 6.02. The Morgan fingerprint density at radius 3 is 2.66 bits per heavy atom. The molecule has 154 valence electrons. The lowest BCUT2D eigenvalue weighted by molar-refractivity contribution is -0.117. The first kappa shape index (κ1) is 20.8. The summed E-state index contributed by atoms with van der Waals surface area (Å²) < 4.78 is 19.0. The molecule has 0 fully saturated rings. The van der Waals surface area contributed by atoms with E-state index >= 15 is 0 Å². The van der Waals surface area contributed by atoms with Crippen molar-refractivity contribution >= 4 is 17.5 Å². The van der Waals surface area contributed by atoms with Gasteiger partial charge in [0.15, 0.2) is 5.75 Å². The molecule has 2 N–H and O–H groups in total. The average Bonchev–Trinajstić information content (AvgIpc) is 2.72. The second-order valence-electron chi connectivity index (χ2n) is 7.18. The Morgan fingerprint density at radius 1 is 1.24 bits per heavy atom. The molecule has 0 spiro atoms. The fraction of sp³-hybridized carbons (Fsp3) is 0.364. The van der Waals surface area contributed by atoms with Gasteiger partial charge >= 0.3 is 0 Å². The third-order valence-corrected chi connectivity index (χ3v) is 5.11. The van der Waals surface area contributed by atoms with E-state index in [-0.39, 0.29) is 30.3 Å². The maximum atomic E-state index is 13.1. The van der Waals surface area contributed by atoms with Crippen LogP contribution in [0.1, 0.15) is 42.1 Å². The third kappa shape index (κ3) is 4.56. The maximum absolute atomic E-state index is 13.1. The van der Waals surface area contributed by atoms with Gasteiger partial charge in [-0.3, -0.25) is 9.59 Å². The van der Waals surface area contributed by atoms with Gasteiger partial charge in [0.25, 0.3) is 5.91 Å². The minimum Gasteiger partial charge on any atom is -0.490 e. The normalized spacial score (nSPS) is 16.1. The SMILES string of the molecule is CC(C(=O)Nc1cccc2c1OCCCN([C@@H](C)CO)C2=O)c1ccc(F)cc1. The Bertz CT molecular complexity index is 885. The number of rotatable bonds is 5. The molecule has 6 nitrogen and oxygen atoms in total. The first-order valence-corrected chi connectivity index (χ1v) is 9.66. The summed E-state index contributed by atoms with van der Waals surface area (Å²) in [7, 11) is 0.